The van der Waals surface area contributed by atoms with Gasteiger partial charge in [-0.25, -0.2) is 9.37 Å². The molecule has 0 saturated carbocycles. The lowest BCUT2D eigenvalue weighted by Gasteiger charge is -2.31. The third-order valence-electron chi connectivity index (χ3n) is 3.19. The van der Waals surface area contributed by atoms with Gasteiger partial charge in [0, 0.05) is 12.1 Å². The fourth-order valence-electron chi connectivity index (χ4n) is 2.36. The second-order valence-corrected chi connectivity index (χ2v) is 5.59. The van der Waals surface area contributed by atoms with Gasteiger partial charge in [-0.05, 0) is 45.9 Å². The van der Waals surface area contributed by atoms with Gasteiger partial charge in [-0.1, -0.05) is 0 Å². The molecule has 7 heteroatoms. The number of amides is 1. The Balaban J connectivity index is 2.40. The van der Waals surface area contributed by atoms with Crippen molar-refractivity contribution in [2.24, 2.45) is 0 Å². The molecular weight excluding hydrogens is 299 g/mol. The second kappa shape index (κ2) is 7.13. The Morgan fingerprint density at radius 1 is 1.22 bits per heavy atom. The highest BCUT2D eigenvalue weighted by molar-refractivity contribution is 5.97. The number of carbonyl (C=O) groups excluding carboxylic acids is 1. The van der Waals surface area contributed by atoms with Gasteiger partial charge in [-0.3, -0.25) is 4.79 Å². The van der Waals surface area contributed by atoms with Crippen LogP contribution in [0.2, 0.25) is 0 Å². The van der Waals surface area contributed by atoms with Crippen molar-refractivity contribution in [2.75, 3.05) is 0 Å². The molecule has 2 aromatic rings. The van der Waals surface area contributed by atoms with E-state index in [0.29, 0.717) is 0 Å². The normalized spacial score (nSPS) is 10.9. The number of hydrogen-bond acceptors (Lipinski definition) is 5. The average Bonchev–Trinajstić information content (AvgIpc) is 2.49. The molecule has 1 aromatic carbocycles. The third-order valence-corrected chi connectivity index (χ3v) is 3.19. The highest BCUT2D eigenvalue weighted by atomic mass is 19.1. The van der Waals surface area contributed by atoms with Crippen LogP contribution in [0.25, 0.3) is 0 Å². The number of hydrogen-bond donors (Lipinski definition) is 0. The van der Waals surface area contributed by atoms with Crippen molar-refractivity contribution in [3.63, 3.8) is 0 Å². The Morgan fingerprint density at radius 3 is 2.48 bits per heavy atom. The summed E-state index contributed by atoms with van der Waals surface area (Å²) in [5.41, 5.74) is 0.137. The maximum atomic E-state index is 13.6. The Kier molecular flexibility index (Phi) is 5.20. The molecular formula is C16H19FN4O2. The zero-order valence-corrected chi connectivity index (χ0v) is 13.5. The number of aromatic nitrogens is 3. The SMILES string of the molecule is CC(C)N(C(=O)c1cc(F)ccc1Oc1cncnn1)C(C)C. The van der Waals surface area contributed by atoms with E-state index in [1.807, 2.05) is 27.7 Å². The summed E-state index contributed by atoms with van der Waals surface area (Å²) in [5.74, 6) is -0.467. The molecule has 122 valence electrons. The molecule has 0 aliphatic heterocycles. The monoisotopic (exact) mass is 318 g/mol. The lowest BCUT2D eigenvalue weighted by molar-refractivity contribution is 0.0640. The van der Waals surface area contributed by atoms with E-state index in [2.05, 4.69) is 15.2 Å². The van der Waals surface area contributed by atoms with Crippen molar-refractivity contribution in [2.45, 2.75) is 39.8 Å². The molecule has 0 unspecified atom stereocenters. The fraction of sp³-hybridized carbons (Fsp3) is 0.375. The molecule has 0 saturated heterocycles. The van der Waals surface area contributed by atoms with Crippen LogP contribution in [0, 0.1) is 5.82 Å². The molecule has 1 aromatic heterocycles. The topological polar surface area (TPSA) is 68.2 Å². The lowest BCUT2D eigenvalue weighted by Crippen LogP contribution is -2.42. The molecule has 0 radical (unpaired) electrons. The van der Waals surface area contributed by atoms with Crippen LogP contribution in [0.5, 0.6) is 11.6 Å². The van der Waals surface area contributed by atoms with Gasteiger partial charge in [-0.2, -0.15) is 0 Å². The standard InChI is InChI=1S/C16H19FN4O2/c1-10(2)21(11(3)4)16(22)13-7-12(17)5-6-14(13)23-15-8-18-9-19-20-15/h5-11H,1-4H3. The number of rotatable bonds is 5. The molecule has 1 amide bonds. The van der Waals surface area contributed by atoms with Crippen molar-refractivity contribution in [1.29, 1.82) is 0 Å². The van der Waals surface area contributed by atoms with Gasteiger partial charge in [0.05, 0.1) is 11.8 Å². The van der Waals surface area contributed by atoms with Gasteiger partial charge >= 0.3 is 0 Å². The van der Waals surface area contributed by atoms with Gasteiger partial charge < -0.3 is 9.64 Å². The number of benzene rings is 1. The van der Waals surface area contributed by atoms with E-state index in [9.17, 15) is 9.18 Å². The molecule has 2 rings (SSSR count). The quantitative estimate of drug-likeness (QED) is 0.847. The lowest BCUT2D eigenvalue weighted by atomic mass is 10.1. The first-order valence-corrected chi connectivity index (χ1v) is 7.33. The summed E-state index contributed by atoms with van der Waals surface area (Å²) in [6.45, 7) is 7.63. The summed E-state index contributed by atoms with van der Waals surface area (Å²) < 4.78 is 19.2. The largest absolute Gasteiger partial charge is 0.436 e. The van der Waals surface area contributed by atoms with E-state index >= 15 is 0 Å². The van der Waals surface area contributed by atoms with E-state index in [4.69, 9.17) is 4.74 Å². The van der Waals surface area contributed by atoms with Crippen LogP contribution in [0.3, 0.4) is 0 Å². The second-order valence-electron chi connectivity index (χ2n) is 5.59. The van der Waals surface area contributed by atoms with Crippen molar-refractivity contribution < 1.29 is 13.9 Å². The van der Waals surface area contributed by atoms with Crippen LogP contribution >= 0.6 is 0 Å². The highest BCUT2D eigenvalue weighted by Gasteiger charge is 2.25. The molecule has 6 nitrogen and oxygen atoms in total. The van der Waals surface area contributed by atoms with Crippen LogP contribution in [0.1, 0.15) is 38.1 Å². The van der Waals surface area contributed by atoms with E-state index in [1.54, 1.807) is 4.90 Å². The summed E-state index contributed by atoms with van der Waals surface area (Å²) in [6.07, 6.45) is 2.64. The minimum absolute atomic E-state index is 0.0307. The Labute approximate surface area is 134 Å². The van der Waals surface area contributed by atoms with Crippen LogP contribution in [-0.2, 0) is 0 Å². The summed E-state index contributed by atoms with van der Waals surface area (Å²) in [4.78, 5) is 18.3. The minimum atomic E-state index is -0.509. The van der Waals surface area contributed by atoms with E-state index in [-0.39, 0.29) is 35.2 Å². The first-order valence-electron chi connectivity index (χ1n) is 7.33. The molecule has 0 N–H and O–H groups in total. The predicted molar refractivity (Wildman–Crippen MR) is 82.7 cm³/mol. The van der Waals surface area contributed by atoms with Crippen LogP contribution in [0.4, 0.5) is 4.39 Å². The molecule has 0 atom stereocenters. The Hall–Kier alpha value is -2.57. The number of halogens is 1. The van der Waals surface area contributed by atoms with Gasteiger partial charge in [0.1, 0.15) is 17.9 Å². The smallest absolute Gasteiger partial charge is 0.258 e. The van der Waals surface area contributed by atoms with E-state index < -0.39 is 5.82 Å². The van der Waals surface area contributed by atoms with E-state index in [1.165, 1.54) is 30.7 Å². The molecule has 0 aliphatic rings. The maximum Gasteiger partial charge on any atom is 0.258 e. The Morgan fingerprint density at radius 2 is 1.91 bits per heavy atom. The van der Waals surface area contributed by atoms with Gasteiger partial charge in [0.25, 0.3) is 11.8 Å². The number of ether oxygens (including phenoxy) is 1. The third kappa shape index (κ3) is 4.00. The molecule has 0 bridgehead atoms. The summed E-state index contributed by atoms with van der Waals surface area (Å²) in [6, 6.07) is 3.73. The van der Waals surface area contributed by atoms with Crippen LogP contribution in [0.15, 0.2) is 30.7 Å². The summed E-state index contributed by atoms with van der Waals surface area (Å²) in [7, 11) is 0. The van der Waals surface area contributed by atoms with Crippen molar-refractivity contribution in [3.8, 4) is 11.6 Å². The fourth-order valence-corrected chi connectivity index (χ4v) is 2.36. The molecule has 23 heavy (non-hydrogen) atoms. The zero-order chi connectivity index (χ0) is 17.0. The number of carbonyl (C=O) groups is 1. The van der Waals surface area contributed by atoms with Crippen LogP contribution < -0.4 is 4.74 Å². The van der Waals surface area contributed by atoms with Gasteiger partial charge in [0.15, 0.2) is 0 Å². The van der Waals surface area contributed by atoms with Crippen molar-refractivity contribution in [3.05, 3.63) is 42.1 Å². The first kappa shape index (κ1) is 16.8. The molecule has 0 aliphatic carbocycles. The van der Waals surface area contributed by atoms with Gasteiger partial charge in [0.2, 0.25) is 0 Å². The van der Waals surface area contributed by atoms with Gasteiger partial charge in [-0.15, -0.1) is 10.2 Å². The minimum Gasteiger partial charge on any atom is -0.436 e. The molecule has 1 heterocycles. The number of nitrogens with zero attached hydrogens (tertiary/aromatic N) is 4. The van der Waals surface area contributed by atoms with Crippen molar-refractivity contribution in [1.82, 2.24) is 20.1 Å². The summed E-state index contributed by atoms with van der Waals surface area (Å²) >= 11 is 0. The average molecular weight is 318 g/mol. The predicted octanol–water partition coefficient (Wildman–Crippen LogP) is 3.06. The highest BCUT2D eigenvalue weighted by Crippen LogP contribution is 2.26. The molecule has 0 fully saturated rings. The molecule has 0 spiro atoms. The maximum absolute atomic E-state index is 13.6. The van der Waals surface area contributed by atoms with E-state index in [0.717, 1.165) is 0 Å². The summed E-state index contributed by atoms with van der Waals surface area (Å²) in [5, 5.41) is 7.37. The van der Waals surface area contributed by atoms with Crippen molar-refractivity contribution >= 4 is 5.91 Å². The first-order chi connectivity index (χ1) is 10.9. The Bertz CT molecular complexity index is 669. The zero-order valence-electron chi connectivity index (χ0n) is 13.5. The van der Waals surface area contributed by atoms with Crippen LogP contribution in [-0.4, -0.2) is 38.1 Å².